The van der Waals surface area contributed by atoms with E-state index in [2.05, 4.69) is 0 Å². The molecule has 2 aliphatic rings. The van der Waals surface area contributed by atoms with Crippen molar-refractivity contribution in [2.45, 2.75) is 19.3 Å². The van der Waals surface area contributed by atoms with Crippen LogP contribution in [0.3, 0.4) is 0 Å². The molecular weight excluding hydrogens is 250 g/mol. The van der Waals surface area contributed by atoms with Gasteiger partial charge in [-0.2, -0.15) is 0 Å². The van der Waals surface area contributed by atoms with Crippen LogP contribution in [0.4, 0.5) is 5.69 Å². The third-order valence-corrected chi connectivity index (χ3v) is 3.34. The zero-order valence-electron chi connectivity index (χ0n) is 10.3. The first-order valence-corrected chi connectivity index (χ1v) is 6.25. The van der Waals surface area contributed by atoms with Gasteiger partial charge < -0.3 is 9.47 Å². The van der Waals surface area contributed by atoms with Crippen molar-refractivity contribution in [3.05, 3.63) is 27.8 Å². The molecule has 6 heteroatoms. The number of nitro benzene ring substituents is 1. The molecule has 1 saturated carbocycles. The lowest BCUT2D eigenvalue weighted by Gasteiger charge is -2.18. The minimum atomic E-state index is -0.478. The van der Waals surface area contributed by atoms with Crippen molar-refractivity contribution in [3.63, 3.8) is 0 Å². The predicted octanol–water partition coefficient (Wildman–Crippen LogP) is 1.89. The lowest BCUT2D eigenvalue weighted by atomic mass is 10.0. The van der Waals surface area contributed by atoms with Gasteiger partial charge in [-0.3, -0.25) is 14.9 Å². The smallest absolute Gasteiger partial charge is 0.277 e. The molecule has 0 spiro atoms. The zero-order valence-corrected chi connectivity index (χ0v) is 10.3. The Labute approximate surface area is 109 Å². The van der Waals surface area contributed by atoms with Crippen LogP contribution in [-0.2, 0) is 11.2 Å². The van der Waals surface area contributed by atoms with Crippen LogP contribution in [-0.4, -0.2) is 23.9 Å². The van der Waals surface area contributed by atoms with Crippen LogP contribution in [0, 0.1) is 16.0 Å². The largest absolute Gasteiger partial charge is 0.486 e. The fraction of sp³-hybridized carbons (Fsp3) is 0.462. The first-order valence-electron chi connectivity index (χ1n) is 6.25. The second-order valence-corrected chi connectivity index (χ2v) is 4.80. The highest BCUT2D eigenvalue weighted by Crippen LogP contribution is 2.38. The molecule has 1 aliphatic carbocycles. The Morgan fingerprint density at radius 2 is 1.89 bits per heavy atom. The summed E-state index contributed by atoms with van der Waals surface area (Å²) in [5.74, 6) is 1.02. The Bertz CT molecular complexity index is 550. The van der Waals surface area contributed by atoms with Crippen LogP contribution in [0.15, 0.2) is 12.1 Å². The lowest BCUT2D eigenvalue weighted by Crippen LogP contribution is -2.16. The van der Waals surface area contributed by atoms with E-state index in [1.807, 2.05) is 0 Å². The van der Waals surface area contributed by atoms with E-state index in [1.165, 1.54) is 6.07 Å². The minimum absolute atomic E-state index is 0.0692. The molecule has 0 aromatic heterocycles. The van der Waals surface area contributed by atoms with Gasteiger partial charge in [-0.1, -0.05) is 0 Å². The molecule has 0 atom stereocenters. The molecule has 0 radical (unpaired) electrons. The third kappa shape index (κ3) is 2.38. The molecule has 0 N–H and O–H groups in total. The molecule has 0 amide bonds. The van der Waals surface area contributed by atoms with Gasteiger partial charge in [0.15, 0.2) is 11.5 Å². The molecule has 1 aliphatic heterocycles. The molecule has 1 aromatic rings. The van der Waals surface area contributed by atoms with E-state index < -0.39 is 4.92 Å². The number of rotatable bonds is 4. The topological polar surface area (TPSA) is 78.7 Å². The van der Waals surface area contributed by atoms with Crippen LogP contribution in [0.25, 0.3) is 0 Å². The number of nitro groups is 1. The average Bonchev–Trinajstić information content (AvgIpc) is 3.22. The van der Waals surface area contributed by atoms with Gasteiger partial charge in [0.1, 0.15) is 19.0 Å². The molecule has 6 nitrogen and oxygen atoms in total. The Hall–Kier alpha value is -2.11. The molecule has 1 heterocycles. The van der Waals surface area contributed by atoms with Gasteiger partial charge in [-0.15, -0.1) is 0 Å². The first kappa shape index (κ1) is 12.0. The number of ether oxygens (including phenoxy) is 2. The maximum absolute atomic E-state index is 11.8. The number of carbonyl (C=O) groups excluding carboxylic acids is 1. The predicted molar refractivity (Wildman–Crippen MR) is 65.5 cm³/mol. The fourth-order valence-corrected chi connectivity index (χ4v) is 2.17. The number of carbonyl (C=O) groups is 1. The average molecular weight is 263 g/mol. The van der Waals surface area contributed by atoms with Crippen LogP contribution in [0.5, 0.6) is 11.5 Å². The maximum atomic E-state index is 11.8. The highest BCUT2D eigenvalue weighted by atomic mass is 16.6. The van der Waals surface area contributed by atoms with Crippen molar-refractivity contribution in [1.82, 2.24) is 0 Å². The number of hydrogen-bond donors (Lipinski definition) is 0. The van der Waals surface area contributed by atoms with Gasteiger partial charge >= 0.3 is 0 Å². The zero-order chi connectivity index (χ0) is 13.4. The van der Waals surface area contributed by atoms with Gasteiger partial charge in [0.05, 0.1) is 11.0 Å². The van der Waals surface area contributed by atoms with Crippen LogP contribution < -0.4 is 9.47 Å². The van der Waals surface area contributed by atoms with Crippen molar-refractivity contribution in [3.8, 4) is 11.5 Å². The van der Waals surface area contributed by atoms with Gasteiger partial charge in [0, 0.05) is 17.9 Å². The molecule has 0 bridgehead atoms. The number of hydrogen-bond acceptors (Lipinski definition) is 5. The van der Waals surface area contributed by atoms with Gasteiger partial charge in [0.25, 0.3) is 5.69 Å². The normalized spacial score (nSPS) is 17.1. The molecule has 3 rings (SSSR count). The Balaban J connectivity index is 1.95. The van der Waals surface area contributed by atoms with Gasteiger partial charge in [-0.05, 0) is 18.9 Å². The number of benzene rings is 1. The van der Waals surface area contributed by atoms with Crippen molar-refractivity contribution >= 4 is 11.5 Å². The quantitative estimate of drug-likeness (QED) is 0.612. The van der Waals surface area contributed by atoms with E-state index in [4.69, 9.17) is 9.47 Å². The van der Waals surface area contributed by atoms with Gasteiger partial charge in [0.2, 0.25) is 0 Å². The summed E-state index contributed by atoms with van der Waals surface area (Å²) >= 11 is 0. The lowest BCUT2D eigenvalue weighted by molar-refractivity contribution is -0.385. The second kappa shape index (κ2) is 4.53. The fourth-order valence-electron chi connectivity index (χ4n) is 2.17. The van der Waals surface area contributed by atoms with Gasteiger partial charge in [-0.25, -0.2) is 0 Å². The highest BCUT2D eigenvalue weighted by Gasteiger charge is 2.31. The van der Waals surface area contributed by atoms with Crippen molar-refractivity contribution in [2.24, 2.45) is 5.92 Å². The first-order chi connectivity index (χ1) is 9.15. The summed E-state index contributed by atoms with van der Waals surface area (Å²) < 4.78 is 10.7. The number of nitrogens with zero attached hydrogens (tertiary/aromatic N) is 1. The van der Waals surface area contributed by atoms with Crippen LogP contribution in [0.1, 0.15) is 18.4 Å². The molecular formula is C13H13NO5. The summed E-state index contributed by atoms with van der Waals surface area (Å²) in [4.78, 5) is 22.4. The SMILES string of the molecule is O=C(Cc1cc2c(cc1[N+](=O)[O-])OCCO2)C1CC1. The molecule has 0 saturated heterocycles. The minimum Gasteiger partial charge on any atom is -0.486 e. The Morgan fingerprint density at radius 3 is 2.47 bits per heavy atom. The van der Waals surface area contributed by atoms with E-state index in [-0.39, 0.29) is 23.8 Å². The van der Waals surface area contributed by atoms with Crippen molar-refractivity contribution < 1.29 is 19.2 Å². The van der Waals surface area contributed by atoms with Crippen LogP contribution in [0.2, 0.25) is 0 Å². The monoisotopic (exact) mass is 263 g/mol. The van der Waals surface area contributed by atoms with E-state index in [9.17, 15) is 14.9 Å². The summed E-state index contributed by atoms with van der Waals surface area (Å²) in [7, 11) is 0. The molecule has 1 aromatic carbocycles. The van der Waals surface area contributed by atoms with Crippen molar-refractivity contribution in [2.75, 3.05) is 13.2 Å². The third-order valence-electron chi connectivity index (χ3n) is 3.34. The summed E-state index contributed by atoms with van der Waals surface area (Å²) in [5, 5.41) is 11.1. The summed E-state index contributed by atoms with van der Waals surface area (Å²) in [6, 6.07) is 2.91. The van der Waals surface area contributed by atoms with E-state index in [1.54, 1.807) is 6.07 Å². The molecule has 100 valence electrons. The summed E-state index contributed by atoms with van der Waals surface area (Å²) in [6.45, 7) is 0.797. The number of ketones is 1. The maximum Gasteiger partial charge on any atom is 0.277 e. The molecule has 19 heavy (non-hydrogen) atoms. The highest BCUT2D eigenvalue weighted by molar-refractivity contribution is 5.86. The summed E-state index contributed by atoms with van der Waals surface area (Å²) in [5.41, 5.74) is 0.337. The number of fused-ring (bicyclic) bond motifs is 1. The molecule has 0 unspecified atom stereocenters. The van der Waals surface area contributed by atoms with Crippen LogP contribution >= 0.6 is 0 Å². The Kier molecular flexibility index (Phi) is 2.85. The standard InChI is InChI=1S/C13H13NO5/c15-11(8-1-2-8)5-9-6-12-13(19-4-3-18-12)7-10(9)14(16)17/h6-8H,1-5H2. The Morgan fingerprint density at radius 1 is 1.26 bits per heavy atom. The summed E-state index contributed by atoms with van der Waals surface area (Å²) in [6.07, 6.45) is 1.89. The van der Waals surface area contributed by atoms with E-state index in [0.29, 0.717) is 30.3 Å². The van der Waals surface area contributed by atoms with E-state index >= 15 is 0 Å². The van der Waals surface area contributed by atoms with Crippen molar-refractivity contribution in [1.29, 1.82) is 0 Å². The van der Waals surface area contributed by atoms with E-state index in [0.717, 1.165) is 12.8 Å². The second-order valence-electron chi connectivity index (χ2n) is 4.80. The molecule has 1 fully saturated rings. The number of Topliss-reactive ketones (excluding diaryl/α,β-unsaturated/α-hetero) is 1.